The Labute approximate surface area is 131 Å². The molecule has 1 atom stereocenters. The average Bonchev–Trinajstić information content (AvgIpc) is 2.39. The van der Waals surface area contributed by atoms with E-state index in [9.17, 15) is 14.4 Å². The van der Waals surface area contributed by atoms with E-state index in [1.54, 1.807) is 12.1 Å². The second kappa shape index (κ2) is 8.53. The van der Waals surface area contributed by atoms with Crippen LogP contribution in [0.25, 0.3) is 0 Å². The molecule has 0 heterocycles. The van der Waals surface area contributed by atoms with E-state index in [0.29, 0.717) is 10.8 Å². The van der Waals surface area contributed by atoms with Crippen molar-refractivity contribution in [2.75, 3.05) is 5.75 Å². The maximum atomic E-state index is 11.6. The van der Waals surface area contributed by atoms with Crippen LogP contribution >= 0.6 is 23.4 Å². The van der Waals surface area contributed by atoms with Crippen molar-refractivity contribution in [3.05, 3.63) is 29.3 Å². The van der Waals surface area contributed by atoms with E-state index in [-0.39, 0.29) is 6.42 Å². The van der Waals surface area contributed by atoms with Crippen LogP contribution in [0.15, 0.2) is 29.2 Å². The Morgan fingerprint density at radius 1 is 1.29 bits per heavy atom. The van der Waals surface area contributed by atoms with Crippen molar-refractivity contribution < 1.29 is 19.5 Å². The molecule has 0 aliphatic carbocycles. The standard InChI is InChI=1S/C13H15ClN2O4S/c14-8-1-3-9(4-2-8)21-6-5-12(18)16-10(13(19)20)7-11(15)17/h1-4,10H,5-7H2,(H2,15,17)(H,16,18)(H,19,20). The summed E-state index contributed by atoms with van der Waals surface area (Å²) >= 11 is 7.21. The van der Waals surface area contributed by atoms with E-state index in [2.05, 4.69) is 5.32 Å². The maximum absolute atomic E-state index is 11.6. The third kappa shape index (κ3) is 7.01. The Balaban J connectivity index is 2.37. The van der Waals surface area contributed by atoms with Crippen molar-refractivity contribution in [1.82, 2.24) is 5.32 Å². The molecule has 8 heteroatoms. The zero-order valence-electron chi connectivity index (χ0n) is 11.0. The van der Waals surface area contributed by atoms with Gasteiger partial charge in [0.2, 0.25) is 11.8 Å². The first-order valence-corrected chi connectivity index (χ1v) is 7.43. The summed E-state index contributed by atoms with van der Waals surface area (Å²) in [5.41, 5.74) is 4.93. The third-order valence-corrected chi connectivity index (χ3v) is 3.72. The van der Waals surface area contributed by atoms with Crippen molar-refractivity contribution >= 4 is 41.1 Å². The lowest BCUT2D eigenvalue weighted by Crippen LogP contribution is -2.43. The summed E-state index contributed by atoms with van der Waals surface area (Å²) in [5.74, 6) is -2.02. The fraction of sp³-hybridized carbons (Fsp3) is 0.308. The number of nitrogens with two attached hydrogens (primary N) is 1. The van der Waals surface area contributed by atoms with Gasteiger partial charge in [0.15, 0.2) is 0 Å². The van der Waals surface area contributed by atoms with E-state index in [4.69, 9.17) is 22.4 Å². The lowest BCUT2D eigenvalue weighted by atomic mass is 10.2. The number of hydrogen-bond acceptors (Lipinski definition) is 4. The predicted molar refractivity (Wildman–Crippen MR) is 80.2 cm³/mol. The number of primary amides is 1. The highest BCUT2D eigenvalue weighted by molar-refractivity contribution is 7.99. The SMILES string of the molecule is NC(=O)CC(NC(=O)CCSc1ccc(Cl)cc1)C(=O)O. The monoisotopic (exact) mass is 330 g/mol. The topological polar surface area (TPSA) is 109 Å². The maximum Gasteiger partial charge on any atom is 0.326 e. The Morgan fingerprint density at radius 3 is 2.43 bits per heavy atom. The van der Waals surface area contributed by atoms with Gasteiger partial charge < -0.3 is 16.2 Å². The lowest BCUT2D eigenvalue weighted by Gasteiger charge is -2.12. The lowest BCUT2D eigenvalue weighted by molar-refractivity contribution is -0.143. The highest BCUT2D eigenvalue weighted by Crippen LogP contribution is 2.20. The number of benzene rings is 1. The van der Waals surface area contributed by atoms with E-state index < -0.39 is 30.2 Å². The molecule has 21 heavy (non-hydrogen) atoms. The van der Waals surface area contributed by atoms with Crippen LogP contribution in [-0.4, -0.2) is 34.7 Å². The number of carbonyl (C=O) groups excluding carboxylic acids is 2. The molecule has 0 aliphatic heterocycles. The average molecular weight is 331 g/mol. The van der Waals surface area contributed by atoms with Gasteiger partial charge in [0.1, 0.15) is 6.04 Å². The van der Waals surface area contributed by atoms with Gasteiger partial charge >= 0.3 is 5.97 Å². The van der Waals surface area contributed by atoms with Gasteiger partial charge in [-0.25, -0.2) is 4.79 Å². The minimum absolute atomic E-state index is 0.135. The zero-order chi connectivity index (χ0) is 15.8. The van der Waals surface area contributed by atoms with E-state index in [0.717, 1.165) is 4.90 Å². The molecule has 1 aromatic rings. The van der Waals surface area contributed by atoms with Gasteiger partial charge in [-0.2, -0.15) is 0 Å². The van der Waals surface area contributed by atoms with Crippen LogP contribution in [-0.2, 0) is 14.4 Å². The number of rotatable bonds is 8. The van der Waals surface area contributed by atoms with Gasteiger partial charge in [-0.1, -0.05) is 11.6 Å². The number of hydrogen-bond donors (Lipinski definition) is 3. The molecule has 6 nitrogen and oxygen atoms in total. The Bertz CT molecular complexity index is 521. The number of nitrogens with one attached hydrogen (secondary N) is 1. The van der Waals surface area contributed by atoms with E-state index in [1.165, 1.54) is 11.8 Å². The molecule has 1 unspecified atom stereocenters. The smallest absolute Gasteiger partial charge is 0.326 e. The molecular weight excluding hydrogens is 316 g/mol. The number of amides is 2. The Kier molecular flexibility index (Phi) is 7.04. The number of halogens is 1. The van der Waals surface area contributed by atoms with Gasteiger partial charge in [0, 0.05) is 22.1 Å². The molecule has 0 saturated carbocycles. The fourth-order valence-electron chi connectivity index (χ4n) is 1.46. The van der Waals surface area contributed by atoms with Gasteiger partial charge in [-0.15, -0.1) is 11.8 Å². The summed E-state index contributed by atoms with van der Waals surface area (Å²) in [6.45, 7) is 0. The summed E-state index contributed by atoms with van der Waals surface area (Å²) in [5, 5.41) is 11.8. The van der Waals surface area contributed by atoms with Gasteiger partial charge in [-0.3, -0.25) is 9.59 Å². The van der Waals surface area contributed by atoms with Crippen molar-refractivity contribution in [2.24, 2.45) is 5.73 Å². The molecule has 0 bridgehead atoms. The molecule has 114 valence electrons. The zero-order valence-corrected chi connectivity index (χ0v) is 12.6. The number of thioether (sulfide) groups is 1. The quantitative estimate of drug-likeness (QED) is 0.622. The van der Waals surface area contributed by atoms with Crippen molar-refractivity contribution in [3.8, 4) is 0 Å². The third-order valence-electron chi connectivity index (χ3n) is 2.45. The molecule has 0 fully saturated rings. The minimum atomic E-state index is -1.28. The van der Waals surface area contributed by atoms with Crippen LogP contribution in [0.1, 0.15) is 12.8 Å². The molecule has 0 aliphatic rings. The number of carbonyl (C=O) groups is 3. The van der Waals surface area contributed by atoms with Gasteiger partial charge in [0.25, 0.3) is 0 Å². The Hall–Kier alpha value is -1.73. The molecule has 0 aromatic heterocycles. The van der Waals surface area contributed by atoms with Gasteiger partial charge in [-0.05, 0) is 24.3 Å². The molecule has 0 spiro atoms. The molecule has 0 saturated heterocycles. The van der Waals surface area contributed by atoms with Gasteiger partial charge in [0.05, 0.1) is 6.42 Å². The van der Waals surface area contributed by atoms with E-state index in [1.807, 2.05) is 12.1 Å². The highest BCUT2D eigenvalue weighted by Gasteiger charge is 2.21. The summed E-state index contributed by atoms with van der Waals surface area (Å²) < 4.78 is 0. The van der Waals surface area contributed by atoms with Crippen molar-refractivity contribution in [3.63, 3.8) is 0 Å². The molecular formula is C13H15ClN2O4S. The second-order valence-electron chi connectivity index (χ2n) is 4.18. The van der Waals surface area contributed by atoms with Crippen molar-refractivity contribution in [1.29, 1.82) is 0 Å². The van der Waals surface area contributed by atoms with Crippen LogP contribution in [0.3, 0.4) is 0 Å². The summed E-state index contributed by atoms with van der Waals surface area (Å²) in [6, 6.07) is 5.88. The number of aliphatic carboxylic acids is 1. The largest absolute Gasteiger partial charge is 0.480 e. The van der Waals surface area contributed by atoms with Crippen LogP contribution in [0.4, 0.5) is 0 Å². The Morgan fingerprint density at radius 2 is 1.90 bits per heavy atom. The first kappa shape index (κ1) is 17.3. The normalized spacial score (nSPS) is 11.7. The fourth-order valence-corrected chi connectivity index (χ4v) is 2.44. The summed E-state index contributed by atoms with van der Waals surface area (Å²) in [6.07, 6.45) is -0.290. The molecule has 4 N–H and O–H groups in total. The highest BCUT2D eigenvalue weighted by atomic mass is 35.5. The summed E-state index contributed by atoms with van der Waals surface area (Å²) in [4.78, 5) is 34.2. The minimum Gasteiger partial charge on any atom is -0.480 e. The first-order valence-electron chi connectivity index (χ1n) is 6.07. The molecule has 1 rings (SSSR count). The van der Waals surface area contributed by atoms with Crippen LogP contribution in [0.5, 0.6) is 0 Å². The molecule has 0 radical (unpaired) electrons. The van der Waals surface area contributed by atoms with Crippen LogP contribution in [0, 0.1) is 0 Å². The van der Waals surface area contributed by atoms with E-state index >= 15 is 0 Å². The summed E-state index contributed by atoms with van der Waals surface area (Å²) in [7, 11) is 0. The molecule has 1 aromatic carbocycles. The predicted octanol–water partition coefficient (Wildman–Crippen LogP) is 1.27. The van der Waals surface area contributed by atoms with Crippen LogP contribution < -0.4 is 11.1 Å². The second-order valence-corrected chi connectivity index (χ2v) is 5.79. The first-order chi connectivity index (χ1) is 9.88. The van der Waals surface area contributed by atoms with Crippen LogP contribution in [0.2, 0.25) is 5.02 Å². The van der Waals surface area contributed by atoms with Crippen molar-refractivity contribution in [2.45, 2.75) is 23.8 Å². The number of carboxylic acids is 1. The molecule has 2 amide bonds. The number of carboxylic acid groups (broad SMARTS) is 1.